The summed E-state index contributed by atoms with van der Waals surface area (Å²) in [6.07, 6.45) is 1.20. The Morgan fingerprint density at radius 1 is 1.15 bits per heavy atom. The van der Waals surface area contributed by atoms with Crippen molar-refractivity contribution in [2.75, 3.05) is 13.7 Å². The third-order valence-corrected chi connectivity index (χ3v) is 4.24. The third-order valence-electron chi connectivity index (χ3n) is 4.24. The normalized spacial score (nSPS) is 18.0. The summed E-state index contributed by atoms with van der Waals surface area (Å²) in [5.41, 5.74) is 4.24. The first kappa shape index (κ1) is 13.2. The first-order valence-corrected chi connectivity index (χ1v) is 7.23. The average molecular weight is 267 g/mol. The van der Waals surface area contributed by atoms with Crippen molar-refractivity contribution in [3.8, 4) is 5.75 Å². The summed E-state index contributed by atoms with van der Waals surface area (Å²) in [5.74, 6) is 1.62. The van der Waals surface area contributed by atoms with Gasteiger partial charge in [0.05, 0.1) is 7.11 Å². The lowest BCUT2D eigenvalue weighted by molar-refractivity contribution is 0.398. The van der Waals surface area contributed by atoms with Crippen molar-refractivity contribution >= 4 is 0 Å². The quantitative estimate of drug-likeness (QED) is 0.892. The molecule has 1 aliphatic rings. The number of benzene rings is 2. The van der Waals surface area contributed by atoms with Crippen LogP contribution in [0.5, 0.6) is 5.75 Å². The van der Waals surface area contributed by atoms with Crippen LogP contribution in [0.15, 0.2) is 48.5 Å². The van der Waals surface area contributed by atoms with E-state index in [0.29, 0.717) is 12.0 Å². The van der Waals surface area contributed by atoms with Crippen LogP contribution in [-0.2, 0) is 6.42 Å². The summed E-state index contributed by atoms with van der Waals surface area (Å²) >= 11 is 0. The first-order valence-electron chi connectivity index (χ1n) is 7.23. The molecule has 2 heteroatoms. The fourth-order valence-corrected chi connectivity index (χ4v) is 3.00. The van der Waals surface area contributed by atoms with Crippen molar-refractivity contribution in [2.24, 2.45) is 0 Å². The van der Waals surface area contributed by atoms with E-state index in [1.807, 2.05) is 12.1 Å². The molecular formula is C18H21NO. The molecule has 20 heavy (non-hydrogen) atoms. The Kier molecular flexibility index (Phi) is 3.75. The summed E-state index contributed by atoms with van der Waals surface area (Å²) < 4.78 is 5.43. The maximum absolute atomic E-state index is 5.43. The highest BCUT2D eigenvalue weighted by atomic mass is 16.5. The molecule has 0 fully saturated rings. The van der Waals surface area contributed by atoms with E-state index >= 15 is 0 Å². The van der Waals surface area contributed by atoms with Gasteiger partial charge in [-0.1, -0.05) is 42.5 Å². The zero-order chi connectivity index (χ0) is 13.9. The highest BCUT2D eigenvalue weighted by molar-refractivity contribution is 5.40. The maximum atomic E-state index is 5.43. The predicted octanol–water partition coefficient (Wildman–Crippen LogP) is 3.69. The number of para-hydroxylation sites is 1. The van der Waals surface area contributed by atoms with Crippen molar-refractivity contribution in [2.45, 2.75) is 25.3 Å². The molecule has 1 aliphatic carbocycles. The SMILES string of the molecule is COc1ccccc1C(C)NCC1Cc2ccccc21. The van der Waals surface area contributed by atoms with E-state index in [2.05, 4.69) is 48.6 Å². The lowest BCUT2D eigenvalue weighted by Crippen LogP contribution is -2.30. The molecule has 2 nitrogen and oxygen atoms in total. The molecule has 2 atom stereocenters. The maximum Gasteiger partial charge on any atom is 0.123 e. The molecule has 0 amide bonds. The Balaban J connectivity index is 1.62. The Morgan fingerprint density at radius 2 is 1.90 bits per heavy atom. The largest absolute Gasteiger partial charge is 0.496 e. The number of hydrogen-bond acceptors (Lipinski definition) is 2. The van der Waals surface area contributed by atoms with Crippen LogP contribution in [0.4, 0.5) is 0 Å². The van der Waals surface area contributed by atoms with E-state index < -0.39 is 0 Å². The van der Waals surface area contributed by atoms with Gasteiger partial charge in [0, 0.05) is 24.1 Å². The number of nitrogens with one attached hydrogen (secondary N) is 1. The molecule has 104 valence electrons. The molecule has 2 aromatic rings. The van der Waals surface area contributed by atoms with Crippen LogP contribution >= 0.6 is 0 Å². The van der Waals surface area contributed by atoms with Crippen molar-refractivity contribution in [1.29, 1.82) is 0 Å². The highest BCUT2D eigenvalue weighted by Crippen LogP contribution is 2.34. The van der Waals surface area contributed by atoms with Gasteiger partial charge in [0.2, 0.25) is 0 Å². The second-order valence-corrected chi connectivity index (χ2v) is 5.47. The van der Waals surface area contributed by atoms with Crippen LogP contribution in [-0.4, -0.2) is 13.7 Å². The van der Waals surface area contributed by atoms with Crippen LogP contribution in [0.2, 0.25) is 0 Å². The van der Waals surface area contributed by atoms with Crippen molar-refractivity contribution in [3.05, 3.63) is 65.2 Å². The number of methoxy groups -OCH3 is 1. The molecule has 0 aliphatic heterocycles. The lowest BCUT2D eigenvalue weighted by atomic mass is 9.77. The van der Waals surface area contributed by atoms with Gasteiger partial charge in [0.15, 0.2) is 0 Å². The minimum atomic E-state index is 0.305. The molecular weight excluding hydrogens is 246 g/mol. The second kappa shape index (κ2) is 5.68. The summed E-state index contributed by atoms with van der Waals surface area (Å²) in [6, 6.07) is 17.3. The predicted molar refractivity (Wildman–Crippen MR) is 82.3 cm³/mol. The Bertz CT molecular complexity index is 593. The monoisotopic (exact) mass is 267 g/mol. The summed E-state index contributed by atoms with van der Waals surface area (Å²) in [5, 5.41) is 3.64. The molecule has 0 heterocycles. The van der Waals surface area contributed by atoms with Crippen LogP contribution in [0, 0.1) is 0 Å². The van der Waals surface area contributed by atoms with E-state index in [0.717, 1.165) is 12.3 Å². The zero-order valence-corrected chi connectivity index (χ0v) is 12.1. The van der Waals surface area contributed by atoms with Gasteiger partial charge < -0.3 is 10.1 Å². The molecule has 1 N–H and O–H groups in total. The van der Waals surface area contributed by atoms with Crippen LogP contribution in [0.1, 0.15) is 35.6 Å². The molecule has 0 spiro atoms. The van der Waals surface area contributed by atoms with E-state index in [4.69, 9.17) is 4.74 Å². The summed E-state index contributed by atoms with van der Waals surface area (Å²) in [7, 11) is 1.73. The summed E-state index contributed by atoms with van der Waals surface area (Å²) in [4.78, 5) is 0. The molecule has 0 saturated carbocycles. The smallest absolute Gasteiger partial charge is 0.123 e. The van der Waals surface area contributed by atoms with Gasteiger partial charge in [0.1, 0.15) is 5.75 Å². The Labute approximate surface area is 120 Å². The topological polar surface area (TPSA) is 21.3 Å². The van der Waals surface area contributed by atoms with Crippen LogP contribution < -0.4 is 10.1 Å². The van der Waals surface area contributed by atoms with Crippen LogP contribution in [0.25, 0.3) is 0 Å². The number of ether oxygens (including phenoxy) is 1. The zero-order valence-electron chi connectivity index (χ0n) is 12.1. The van der Waals surface area contributed by atoms with E-state index in [1.165, 1.54) is 23.1 Å². The molecule has 2 unspecified atom stereocenters. The van der Waals surface area contributed by atoms with E-state index in [1.54, 1.807) is 7.11 Å². The van der Waals surface area contributed by atoms with Crippen LogP contribution in [0.3, 0.4) is 0 Å². The van der Waals surface area contributed by atoms with Gasteiger partial charge in [0.25, 0.3) is 0 Å². The molecule has 0 aromatic heterocycles. The summed E-state index contributed by atoms with van der Waals surface area (Å²) in [6.45, 7) is 3.22. The average Bonchev–Trinajstić information content (AvgIpc) is 2.48. The molecule has 0 saturated heterocycles. The minimum absolute atomic E-state index is 0.305. The second-order valence-electron chi connectivity index (χ2n) is 5.47. The van der Waals surface area contributed by atoms with Gasteiger partial charge in [-0.25, -0.2) is 0 Å². The van der Waals surface area contributed by atoms with Gasteiger partial charge in [-0.15, -0.1) is 0 Å². The van der Waals surface area contributed by atoms with Gasteiger partial charge >= 0.3 is 0 Å². The van der Waals surface area contributed by atoms with Crippen molar-refractivity contribution in [3.63, 3.8) is 0 Å². The highest BCUT2D eigenvalue weighted by Gasteiger charge is 2.25. The standard InChI is InChI=1S/C18H21NO/c1-13(16-8-5-6-10-18(16)20-2)19-12-15-11-14-7-3-4-9-17(14)15/h3-10,13,15,19H,11-12H2,1-2H3. The molecule has 3 rings (SSSR count). The Morgan fingerprint density at radius 3 is 2.70 bits per heavy atom. The lowest BCUT2D eigenvalue weighted by Gasteiger charge is -2.31. The third kappa shape index (κ3) is 2.44. The molecule has 2 aromatic carbocycles. The van der Waals surface area contributed by atoms with Gasteiger partial charge in [-0.2, -0.15) is 0 Å². The fraction of sp³-hybridized carbons (Fsp3) is 0.333. The van der Waals surface area contributed by atoms with Crippen molar-refractivity contribution < 1.29 is 4.74 Å². The number of hydrogen-bond donors (Lipinski definition) is 1. The van der Waals surface area contributed by atoms with Gasteiger partial charge in [-0.3, -0.25) is 0 Å². The molecule has 0 bridgehead atoms. The number of fused-ring (bicyclic) bond motifs is 1. The van der Waals surface area contributed by atoms with E-state index in [-0.39, 0.29) is 0 Å². The van der Waals surface area contributed by atoms with E-state index in [9.17, 15) is 0 Å². The minimum Gasteiger partial charge on any atom is -0.496 e. The Hall–Kier alpha value is -1.80. The first-order chi connectivity index (χ1) is 9.79. The number of rotatable bonds is 5. The molecule has 0 radical (unpaired) electrons. The van der Waals surface area contributed by atoms with Gasteiger partial charge in [-0.05, 0) is 30.5 Å². The van der Waals surface area contributed by atoms with Crippen molar-refractivity contribution in [1.82, 2.24) is 5.32 Å². The fourth-order valence-electron chi connectivity index (χ4n) is 3.00.